The van der Waals surface area contributed by atoms with Gasteiger partial charge in [0.15, 0.2) is 5.71 Å². The smallest absolute Gasteiger partial charge is 0.228 e. The van der Waals surface area contributed by atoms with E-state index >= 15 is 0 Å². The fraction of sp³-hybridized carbons (Fsp3) is 0.226. The summed E-state index contributed by atoms with van der Waals surface area (Å²) in [5.41, 5.74) is 5.64. The third kappa shape index (κ3) is 5.01. The number of hydrogen-bond acceptors (Lipinski definition) is 1. The molecule has 180 valence electrons. The summed E-state index contributed by atoms with van der Waals surface area (Å²) in [5, 5.41) is 2.61. The van der Waals surface area contributed by atoms with E-state index in [-0.39, 0.29) is 23.7 Å². The molecule has 0 unspecified atom stereocenters. The molecule has 0 fully saturated rings. The molecule has 3 aromatic carbocycles. The number of hydrogen-bond donors (Lipinski definition) is 0. The highest BCUT2D eigenvalue weighted by Gasteiger charge is 2.44. The standard InChI is InChI=1S/C31H33N2O.ClH/c1-6-32-28-22-21-25-16-13-14-19-27(25)30(28)31(4,5)29(32)20-12-7-9-15-23(2)33(24(3)34)26-17-10-8-11-18-26;/h7-22H,6H2,1-5H3;1H/q+1;/p-1. The molecule has 0 saturated heterocycles. The van der Waals surface area contributed by atoms with Crippen LogP contribution >= 0.6 is 0 Å². The predicted molar refractivity (Wildman–Crippen MR) is 144 cm³/mol. The van der Waals surface area contributed by atoms with Gasteiger partial charge in [0.05, 0.1) is 5.41 Å². The van der Waals surface area contributed by atoms with Crippen molar-refractivity contribution in [3.63, 3.8) is 0 Å². The number of carbonyl (C=O) groups excluding carboxylic acids is 1. The summed E-state index contributed by atoms with van der Waals surface area (Å²) in [6.07, 6.45) is 10.3. The first-order valence-electron chi connectivity index (χ1n) is 11.9. The molecule has 0 aromatic heterocycles. The molecule has 0 aliphatic carbocycles. The highest BCUT2D eigenvalue weighted by Crippen LogP contribution is 2.44. The van der Waals surface area contributed by atoms with E-state index in [1.54, 1.807) is 11.8 Å². The van der Waals surface area contributed by atoms with Crippen molar-refractivity contribution >= 4 is 33.8 Å². The summed E-state index contributed by atoms with van der Waals surface area (Å²) in [4.78, 5) is 14.0. The highest BCUT2D eigenvalue weighted by molar-refractivity contribution is 6.07. The van der Waals surface area contributed by atoms with Crippen LogP contribution in [0.5, 0.6) is 0 Å². The summed E-state index contributed by atoms with van der Waals surface area (Å²) in [6.45, 7) is 11.3. The molecule has 35 heavy (non-hydrogen) atoms. The quantitative estimate of drug-likeness (QED) is 0.378. The highest BCUT2D eigenvalue weighted by atomic mass is 35.5. The molecular formula is C31H33ClN2O. The van der Waals surface area contributed by atoms with Crippen LogP contribution in [-0.2, 0) is 10.2 Å². The first-order valence-corrected chi connectivity index (χ1v) is 11.9. The number of para-hydroxylation sites is 1. The van der Waals surface area contributed by atoms with Gasteiger partial charge in [-0.3, -0.25) is 9.69 Å². The third-order valence-electron chi connectivity index (χ3n) is 6.57. The lowest BCUT2D eigenvalue weighted by Crippen LogP contribution is -3.00. The van der Waals surface area contributed by atoms with Crippen LogP contribution in [-0.4, -0.2) is 22.7 Å². The monoisotopic (exact) mass is 484 g/mol. The Balaban J connectivity index is 0.00000342. The van der Waals surface area contributed by atoms with Crippen molar-refractivity contribution in [1.82, 2.24) is 0 Å². The van der Waals surface area contributed by atoms with Crippen LogP contribution in [0.2, 0.25) is 0 Å². The van der Waals surface area contributed by atoms with Gasteiger partial charge >= 0.3 is 0 Å². The summed E-state index contributed by atoms with van der Waals surface area (Å²) in [6, 6.07) is 22.9. The van der Waals surface area contributed by atoms with Crippen LogP contribution in [0.15, 0.2) is 103 Å². The summed E-state index contributed by atoms with van der Waals surface area (Å²) in [5.74, 6) is -0.00395. The number of rotatable bonds is 6. The number of nitrogens with zero attached hydrogens (tertiary/aromatic N) is 2. The first kappa shape index (κ1) is 26.2. The zero-order valence-corrected chi connectivity index (χ0v) is 21.9. The molecule has 1 amide bonds. The van der Waals surface area contributed by atoms with Crippen molar-refractivity contribution in [2.75, 3.05) is 11.4 Å². The Bertz CT molecular complexity index is 1350. The SMILES string of the molecule is CC[N+]1=C(/C=C/C=C/C=C(/C)N(C(C)=O)c2ccccc2)C(C)(C)c2c1ccc1ccccc21.[Cl-]. The van der Waals surface area contributed by atoms with Gasteiger partial charge in [0.1, 0.15) is 6.54 Å². The van der Waals surface area contributed by atoms with Crippen molar-refractivity contribution in [2.45, 2.75) is 40.0 Å². The van der Waals surface area contributed by atoms with Gasteiger partial charge < -0.3 is 12.4 Å². The van der Waals surface area contributed by atoms with Crippen molar-refractivity contribution in [3.8, 4) is 0 Å². The zero-order valence-electron chi connectivity index (χ0n) is 21.1. The number of halogens is 1. The maximum atomic E-state index is 12.2. The largest absolute Gasteiger partial charge is 1.00 e. The predicted octanol–water partition coefficient (Wildman–Crippen LogP) is 4.31. The van der Waals surface area contributed by atoms with Crippen LogP contribution in [0, 0.1) is 0 Å². The second-order valence-electron chi connectivity index (χ2n) is 9.18. The molecule has 4 rings (SSSR count). The normalized spacial score (nSPS) is 15.1. The van der Waals surface area contributed by atoms with E-state index in [9.17, 15) is 4.79 Å². The van der Waals surface area contributed by atoms with Gasteiger partial charge in [-0.25, -0.2) is 0 Å². The molecule has 0 atom stereocenters. The van der Waals surface area contributed by atoms with Crippen LogP contribution in [0.25, 0.3) is 10.8 Å². The van der Waals surface area contributed by atoms with E-state index in [2.05, 4.69) is 73.9 Å². The number of fused-ring (bicyclic) bond motifs is 3. The molecule has 3 nitrogen and oxygen atoms in total. The minimum atomic E-state index is -0.0962. The molecule has 1 aliphatic rings. The summed E-state index contributed by atoms with van der Waals surface area (Å²) < 4.78 is 2.42. The number of carbonyl (C=O) groups is 1. The molecule has 1 heterocycles. The number of allylic oxidation sites excluding steroid dienone is 6. The van der Waals surface area contributed by atoms with Gasteiger partial charge in [-0.1, -0.05) is 60.7 Å². The fourth-order valence-corrected chi connectivity index (χ4v) is 5.07. The van der Waals surface area contributed by atoms with Crippen molar-refractivity contribution in [1.29, 1.82) is 0 Å². The zero-order chi connectivity index (χ0) is 24.3. The lowest BCUT2D eigenvalue weighted by molar-refractivity contribution is -0.433. The van der Waals surface area contributed by atoms with E-state index in [0.29, 0.717) is 0 Å². The summed E-state index contributed by atoms with van der Waals surface area (Å²) >= 11 is 0. The third-order valence-corrected chi connectivity index (χ3v) is 6.57. The van der Waals surface area contributed by atoms with E-state index in [1.165, 1.54) is 27.7 Å². The van der Waals surface area contributed by atoms with Gasteiger partial charge in [-0.15, -0.1) is 0 Å². The lowest BCUT2D eigenvalue weighted by atomic mass is 9.79. The minimum Gasteiger partial charge on any atom is -1.00 e. The van der Waals surface area contributed by atoms with Crippen molar-refractivity contribution in [3.05, 3.63) is 108 Å². The van der Waals surface area contributed by atoms with Crippen molar-refractivity contribution < 1.29 is 21.8 Å². The molecule has 0 bridgehead atoms. The molecule has 0 radical (unpaired) electrons. The maximum Gasteiger partial charge on any atom is 0.228 e. The molecule has 0 spiro atoms. The van der Waals surface area contributed by atoms with E-state index in [4.69, 9.17) is 0 Å². The van der Waals surface area contributed by atoms with E-state index in [1.807, 2.05) is 55.5 Å². The molecule has 0 N–H and O–H groups in total. The molecule has 4 heteroatoms. The number of benzene rings is 3. The lowest BCUT2D eigenvalue weighted by Gasteiger charge is -2.21. The molecule has 0 saturated carbocycles. The Kier molecular flexibility index (Phi) is 8.14. The van der Waals surface area contributed by atoms with Crippen molar-refractivity contribution in [2.24, 2.45) is 0 Å². The number of amides is 1. The average molecular weight is 485 g/mol. The second-order valence-corrected chi connectivity index (χ2v) is 9.18. The van der Waals surface area contributed by atoms with Crippen LogP contribution in [0.1, 0.15) is 40.2 Å². The second kappa shape index (κ2) is 10.9. The Morgan fingerprint density at radius 3 is 2.29 bits per heavy atom. The Morgan fingerprint density at radius 2 is 1.60 bits per heavy atom. The van der Waals surface area contributed by atoms with Crippen LogP contribution in [0.4, 0.5) is 11.4 Å². The Hall–Kier alpha value is -3.43. The van der Waals surface area contributed by atoms with Gasteiger partial charge in [-0.2, -0.15) is 4.58 Å². The van der Waals surface area contributed by atoms with Gasteiger partial charge in [0.2, 0.25) is 11.6 Å². The Morgan fingerprint density at radius 1 is 0.914 bits per heavy atom. The summed E-state index contributed by atoms with van der Waals surface area (Å²) in [7, 11) is 0. The van der Waals surface area contributed by atoms with E-state index in [0.717, 1.165) is 17.9 Å². The molecule has 1 aliphatic heterocycles. The van der Waals surface area contributed by atoms with E-state index < -0.39 is 0 Å². The van der Waals surface area contributed by atoms with Crippen LogP contribution < -0.4 is 17.3 Å². The van der Waals surface area contributed by atoms with Gasteiger partial charge in [0.25, 0.3) is 0 Å². The topological polar surface area (TPSA) is 23.3 Å². The minimum absolute atomic E-state index is 0. The molecular weight excluding hydrogens is 452 g/mol. The molecule has 3 aromatic rings. The number of anilines is 1. The first-order chi connectivity index (χ1) is 16.4. The maximum absolute atomic E-state index is 12.2. The fourth-order valence-electron chi connectivity index (χ4n) is 5.07. The Labute approximate surface area is 215 Å². The van der Waals surface area contributed by atoms with Gasteiger partial charge in [0, 0.05) is 36.0 Å². The average Bonchev–Trinajstić information content (AvgIpc) is 3.05. The van der Waals surface area contributed by atoms with Gasteiger partial charge in [-0.05, 0) is 62.7 Å². The van der Waals surface area contributed by atoms with Crippen LogP contribution in [0.3, 0.4) is 0 Å².